The molecule has 1 atom stereocenters. The zero-order chi connectivity index (χ0) is 20.6. The number of carbonyl (C=O) groups excluding carboxylic acids is 1. The number of ether oxygens (including phenoxy) is 1. The second kappa shape index (κ2) is 9.42. The van der Waals surface area contributed by atoms with Crippen LogP contribution < -0.4 is 15.4 Å². The Morgan fingerprint density at radius 2 is 2.10 bits per heavy atom. The molecule has 148 valence electrons. The maximum atomic E-state index is 12.6. The predicted octanol–water partition coefficient (Wildman–Crippen LogP) is 5.40. The lowest BCUT2D eigenvalue weighted by molar-refractivity contribution is 0.262. The molecule has 7 heteroatoms. The van der Waals surface area contributed by atoms with Crippen molar-refractivity contribution in [3.8, 4) is 23.1 Å². The van der Waals surface area contributed by atoms with Crippen LogP contribution in [0.5, 0.6) is 5.75 Å². The number of oxazole rings is 1. The Labute approximate surface area is 169 Å². The highest BCUT2D eigenvalue weighted by Gasteiger charge is 2.16. The van der Waals surface area contributed by atoms with Crippen LogP contribution in [0.25, 0.3) is 11.3 Å². The largest absolute Gasteiger partial charge is 0.496 e. The summed E-state index contributed by atoms with van der Waals surface area (Å²) in [6.45, 7) is 2.03. The van der Waals surface area contributed by atoms with E-state index in [1.807, 2.05) is 31.2 Å². The molecule has 2 aromatic carbocycles. The van der Waals surface area contributed by atoms with Gasteiger partial charge in [-0.2, -0.15) is 5.26 Å². The minimum absolute atomic E-state index is 0.0674. The highest BCUT2D eigenvalue weighted by Crippen LogP contribution is 2.33. The van der Waals surface area contributed by atoms with Crippen LogP contribution in [-0.4, -0.2) is 18.1 Å². The number of benzene rings is 2. The minimum Gasteiger partial charge on any atom is -0.496 e. The summed E-state index contributed by atoms with van der Waals surface area (Å²) in [4.78, 5) is 16.5. The van der Waals surface area contributed by atoms with E-state index in [9.17, 15) is 4.79 Å². The van der Waals surface area contributed by atoms with Crippen molar-refractivity contribution in [3.63, 3.8) is 0 Å². The smallest absolute Gasteiger partial charge is 0.323 e. The monoisotopic (exact) mass is 390 g/mol. The van der Waals surface area contributed by atoms with E-state index in [-0.39, 0.29) is 11.9 Å². The normalized spacial score (nSPS) is 11.3. The lowest BCUT2D eigenvalue weighted by atomic mass is 9.92. The van der Waals surface area contributed by atoms with Crippen molar-refractivity contribution in [1.29, 1.82) is 5.26 Å². The second-order valence-electron chi connectivity index (χ2n) is 6.41. The van der Waals surface area contributed by atoms with Crippen LogP contribution in [0.2, 0.25) is 0 Å². The maximum Gasteiger partial charge on any atom is 0.323 e. The third kappa shape index (κ3) is 4.74. The predicted molar refractivity (Wildman–Crippen MR) is 111 cm³/mol. The molecule has 1 aromatic heterocycles. The molecule has 0 saturated heterocycles. The SMILES string of the molecule is CC[C@@H](CC#N)c1ccccc1NC(=O)Nc1ccc(-c2cnco2)c(OC)c1. The van der Waals surface area contributed by atoms with Crippen LogP contribution in [0, 0.1) is 11.3 Å². The van der Waals surface area contributed by atoms with Gasteiger partial charge in [0.1, 0.15) is 5.75 Å². The van der Waals surface area contributed by atoms with E-state index in [1.54, 1.807) is 31.5 Å². The van der Waals surface area contributed by atoms with Gasteiger partial charge in [-0.05, 0) is 36.1 Å². The van der Waals surface area contributed by atoms with Crippen molar-refractivity contribution >= 4 is 17.4 Å². The summed E-state index contributed by atoms with van der Waals surface area (Å²) in [5.41, 5.74) is 2.95. The summed E-state index contributed by atoms with van der Waals surface area (Å²) in [6, 6.07) is 14.6. The first-order chi connectivity index (χ1) is 14.2. The van der Waals surface area contributed by atoms with Gasteiger partial charge >= 0.3 is 6.03 Å². The van der Waals surface area contributed by atoms with E-state index in [1.165, 1.54) is 6.39 Å². The molecule has 0 aliphatic heterocycles. The van der Waals surface area contributed by atoms with Gasteiger partial charge in [-0.1, -0.05) is 25.1 Å². The number of nitriles is 1. The number of methoxy groups -OCH3 is 1. The van der Waals surface area contributed by atoms with Crippen LogP contribution in [0.3, 0.4) is 0 Å². The molecule has 0 spiro atoms. The van der Waals surface area contributed by atoms with E-state index in [4.69, 9.17) is 14.4 Å². The van der Waals surface area contributed by atoms with Crippen LogP contribution in [0.4, 0.5) is 16.2 Å². The highest BCUT2D eigenvalue weighted by atomic mass is 16.5. The number of nitrogens with one attached hydrogen (secondary N) is 2. The van der Waals surface area contributed by atoms with Crippen molar-refractivity contribution < 1.29 is 13.9 Å². The number of urea groups is 1. The van der Waals surface area contributed by atoms with Gasteiger partial charge in [0.2, 0.25) is 0 Å². The van der Waals surface area contributed by atoms with Gasteiger partial charge in [0.05, 0.1) is 24.9 Å². The zero-order valence-electron chi connectivity index (χ0n) is 16.3. The Bertz CT molecular complexity index is 1010. The molecule has 3 rings (SSSR count). The first kappa shape index (κ1) is 20.0. The molecule has 7 nitrogen and oxygen atoms in total. The third-order valence-electron chi connectivity index (χ3n) is 4.64. The number of hydrogen-bond acceptors (Lipinski definition) is 5. The molecule has 3 aromatic rings. The van der Waals surface area contributed by atoms with Gasteiger partial charge in [-0.15, -0.1) is 0 Å². The van der Waals surface area contributed by atoms with Gasteiger partial charge in [0.25, 0.3) is 0 Å². The number of anilines is 2. The van der Waals surface area contributed by atoms with Crippen molar-refractivity contribution in [2.75, 3.05) is 17.7 Å². The molecule has 1 heterocycles. The molecule has 2 N–H and O–H groups in total. The average Bonchev–Trinajstić information content (AvgIpc) is 3.27. The topological polar surface area (TPSA) is 100 Å². The molecule has 0 fully saturated rings. The van der Waals surface area contributed by atoms with Gasteiger partial charge in [0.15, 0.2) is 12.2 Å². The summed E-state index contributed by atoms with van der Waals surface area (Å²) in [6.07, 6.45) is 4.16. The lowest BCUT2D eigenvalue weighted by Gasteiger charge is -2.17. The third-order valence-corrected chi connectivity index (χ3v) is 4.64. The molecule has 0 radical (unpaired) electrons. The average molecular weight is 390 g/mol. The number of rotatable bonds is 7. The fourth-order valence-electron chi connectivity index (χ4n) is 3.16. The van der Waals surface area contributed by atoms with Crippen LogP contribution >= 0.6 is 0 Å². The summed E-state index contributed by atoms with van der Waals surface area (Å²) in [5, 5.41) is 14.8. The number of amides is 2. The van der Waals surface area contributed by atoms with E-state index >= 15 is 0 Å². The molecule has 0 aliphatic carbocycles. The minimum atomic E-state index is -0.376. The van der Waals surface area contributed by atoms with Gasteiger partial charge in [0, 0.05) is 23.9 Å². The quantitative estimate of drug-likeness (QED) is 0.562. The number of nitrogens with zero attached hydrogens (tertiary/aromatic N) is 2. The molecule has 0 aliphatic rings. The summed E-state index contributed by atoms with van der Waals surface area (Å²) in [7, 11) is 1.55. The molecule has 0 saturated carbocycles. The number of hydrogen-bond donors (Lipinski definition) is 2. The molecule has 0 bridgehead atoms. The Morgan fingerprint density at radius 1 is 1.28 bits per heavy atom. The van der Waals surface area contributed by atoms with E-state index < -0.39 is 0 Å². The highest BCUT2D eigenvalue weighted by molar-refractivity contribution is 6.00. The van der Waals surface area contributed by atoms with E-state index in [0.29, 0.717) is 29.3 Å². The molecule has 2 amide bonds. The van der Waals surface area contributed by atoms with Gasteiger partial charge in [-0.3, -0.25) is 0 Å². The van der Waals surface area contributed by atoms with Gasteiger partial charge in [-0.25, -0.2) is 9.78 Å². The zero-order valence-corrected chi connectivity index (χ0v) is 16.3. The van der Waals surface area contributed by atoms with E-state index in [2.05, 4.69) is 21.7 Å². The van der Waals surface area contributed by atoms with Crippen LogP contribution in [-0.2, 0) is 0 Å². The second-order valence-corrected chi connectivity index (χ2v) is 6.41. The van der Waals surface area contributed by atoms with Crippen molar-refractivity contribution in [3.05, 3.63) is 60.6 Å². The summed E-state index contributed by atoms with van der Waals surface area (Å²) >= 11 is 0. The van der Waals surface area contributed by atoms with E-state index in [0.717, 1.165) is 17.5 Å². The van der Waals surface area contributed by atoms with Crippen LogP contribution in [0.15, 0.2) is 59.5 Å². The number of aromatic nitrogens is 1. The van der Waals surface area contributed by atoms with Crippen LogP contribution in [0.1, 0.15) is 31.2 Å². The van der Waals surface area contributed by atoms with Crippen molar-refractivity contribution in [1.82, 2.24) is 4.98 Å². The maximum absolute atomic E-state index is 12.6. The van der Waals surface area contributed by atoms with Crippen molar-refractivity contribution in [2.45, 2.75) is 25.7 Å². The first-order valence-electron chi connectivity index (χ1n) is 9.27. The Balaban J connectivity index is 1.76. The lowest BCUT2D eigenvalue weighted by Crippen LogP contribution is -2.20. The fourth-order valence-corrected chi connectivity index (χ4v) is 3.16. The molecular weight excluding hydrogens is 368 g/mol. The molecular formula is C22H22N4O3. The standard InChI is InChI=1S/C22H22N4O3/c1-3-15(10-11-23)17-6-4-5-7-19(17)26-22(27)25-16-8-9-18(20(12-16)28-2)21-13-24-14-29-21/h4-9,12-15H,3,10H2,1-2H3,(H2,25,26,27)/t15-/m0/s1. The fraction of sp³-hybridized carbons (Fsp3) is 0.227. The molecule has 29 heavy (non-hydrogen) atoms. The Hall–Kier alpha value is -3.79. The van der Waals surface area contributed by atoms with Gasteiger partial charge < -0.3 is 19.8 Å². The number of para-hydroxylation sites is 1. The Kier molecular flexibility index (Phi) is 6.48. The van der Waals surface area contributed by atoms with Crippen molar-refractivity contribution in [2.24, 2.45) is 0 Å². The molecule has 0 unspecified atom stereocenters. The number of carbonyl (C=O) groups is 1. The summed E-state index contributed by atoms with van der Waals surface area (Å²) < 4.78 is 10.7. The first-order valence-corrected chi connectivity index (χ1v) is 9.27. The Morgan fingerprint density at radius 3 is 2.79 bits per heavy atom. The summed E-state index contributed by atoms with van der Waals surface area (Å²) in [5.74, 6) is 1.20.